The Balaban J connectivity index is 2.19. The van der Waals surface area contributed by atoms with Crippen LogP contribution in [0.1, 0.15) is 54.9 Å². The average Bonchev–Trinajstić information content (AvgIpc) is 2.39. The van der Waals surface area contributed by atoms with Gasteiger partial charge in [-0.15, -0.1) is 0 Å². The molecule has 1 N–H and O–H groups in total. The van der Waals surface area contributed by atoms with Crippen LogP contribution in [0, 0.1) is 0 Å². The molecule has 0 heterocycles. The highest BCUT2D eigenvalue weighted by atomic mass is 17.1. The third kappa shape index (κ3) is 2.50. The molecule has 1 aromatic rings. The molecule has 1 aromatic carbocycles. The summed E-state index contributed by atoms with van der Waals surface area (Å²) in [5.74, 6) is -0.703. The first-order chi connectivity index (χ1) is 8.15. The predicted octanol–water partition coefficient (Wildman–Crippen LogP) is 3.54. The zero-order chi connectivity index (χ0) is 12.3. The van der Waals surface area contributed by atoms with Crippen molar-refractivity contribution < 1.29 is 14.9 Å². The van der Waals surface area contributed by atoms with E-state index in [1.165, 1.54) is 37.7 Å². The van der Waals surface area contributed by atoms with Gasteiger partial charge in [-0.05, 0) is 36.0 Å². The van der Waals surface area contributed by atoms with Crippen molar-refractivity contribution in [1.29, 1.82) is 0 Å². The molecule has 0 amide bonds. The van der Waals surface area contributed by atoms with E-state index in [-0.39, 0.29) is 5.41 Å². The van der Waals surface area contributed by atoms with Gasteiger partial charge in [-0.3, -0.25) is 4.89 Å². The number of carbonyl (C=O) groups is 1. The minimum absolute atomic E-state index is 0.236. The zero-order valence-electron chi connectivity index (χ0n) is 10.1. The predicted molar refractivity (Wildman–Crippen MR) is 64.9 cm³/mol. The summed E-state index contributed by atoms with van der Waals surface area (Å²) in [6.07, 6.45) is 6.28. The molecule has 1 saturated carbocycles. The van der Waals surface area contributed by atoms with Crippen LogP contribution in [-0.4, -0.2) is 11.2 Å². The smallest absolute Gasteiger partial charge is 0.296 e. The van der Waals surface area contributed by atoms with Gasteiger partial charge in [0.25, 0.3) is 0 Å². The van der Waals surface area contributed by atoms with Crippen molar-refractivity contribution in [2.24, 2.45) is 0 Å². The molecule has 17 heavy (non-hydrogen) atoms. The molecule has 0 aliphatic heterocycles. The van der Waals surface area contributed by atoms with Crippen LogP contribution in [0.25, 0.3) is 0 Å². The Kier molecular flexibility index (Phi) is 3.48. The summed E-state index contributed by atoms with van der Waals surface area (Å²) >= 11 is 0. The monoisotopic (exact) mass is 234 g/mol. The van der Waals surface area contributed by atoms with Crippen LogP contribution in [0.5, 0.6) is 0 Å². The van der Waals surface area contributed by atoms with E-state index in [1.54, 1.807) is 12.1 Å². The standard InChI is InChI=1S/C14H18O3/c1-14(9-3-2-4-10-14)12-7-5-11(6-8-12)13(15)17-16/h5-8,16H,2-4,9-10H2,1H3. The van der Waals surface area contributed by atoms with Gasteiger partial charge >= 0.3 is 5.97 Å². The quantitative estimate of drug-likeness (QED) is 0.629. The molecule has 3 heteroatoms. The molecular weight excluding hydrogens is 216 g/mol. The lowest BCUT2D eigenvalue weighted by atomic mass is 9.71. The molecule has 0 spiro atoms. The fourth-order valence-corrected chi connectivity index (χ4v) is 2.68. The molecule has 1 aliphatic rings. The summed E-state index contributed by atoms with van der Waals surface area (Å²) < 4.78 is 0. The van der Waals surface area contributed by atoms with Crippen molar-refractivity contribution in [3.8, 4) is 0 Å². The summed E-state index contributed by atoms with van der Waals surface area (Å²) in [5, 5.41) is 8.31. The molecule has 92 valence electrons. The van der Waals surface area contributed by atoms with E-state index in [0.29, 0.717) is 5.56 Å². The molecule has 0 atom stereocenters. The summed E-state index contributed by atoms with van der Waals surface area (Å²) in [5.41, 5.74) is 1.89. The van der Waals surface area contributed by atoms with E-state index in [0.717, 1.165) is 0 Å². The lowest BCUT2D eigenvalue weighted by Gasteiger charge is -2.34. The number of hydrogen-bond acceptors (Lipinski definition) is 3. The second kappa shape index (κ2) is 4.88. The summed E-state index contributed by atoms with van der Waals surface area (Å²) in [7, 11) is 0. The number of benzene rings is 1. The van der Waals surface area contributed by atoms with Gasteiger partial charge in [0.1, 0.15) is 0 Å². The van der Waals surface area contributed by atoms with Crippen molar-refractivity contribution in [3.63, 3.8) is 0 Å². The Bertz CT molecular complexity index is 388. The van der Waals surface area contributed by atoms with Crippen molar-refractivity contribution >= 4 is 5.97 Å². The summed E-state index contributed by atoms with van der Waals surface area (Å²) in [4.78, 5) is 14.8. The van der Waals surface area contributed by atoms with Gasteiger partial charge in [0, 0.05) is 0 Å². The maximum Gasteiger partial charge on any atom is 0.372 e. The average molecular weight is 234 g/mol. The van der Waals surface area contributed by atoms with Gasteiger partial charge in [0.2, 0.25) is 0 Å². The van der Waals surface area contributed by atoms with Crippen LogP contribution in [0.4, 0.5) is 0 Å². The minimum Gasteiger partial charge on any atom is -0.296 e. The number of rotatable bonds is 2. The van der Waals surface area contributed by atoms with Crippen molar-refractivity contribution in [2.75, 3.05) is 0 Å². The van der Waals surface area contributed by atoms with Gasteiger partial charge in [-0.25, -0.2) is 4.79 Å². The number of carbonyl (C=O) groups excluding carboxylic acids is 1. The highest BCUT2D eigenvalue weighted by Crippen LogP contribution is 2.38. The topological polar surface area (TPSA) is 46.5 Å². The first kappa shape index (κ1) is 12.1. The molecule has 2 rings (SSSR count). The largest absolute Gasteiger partial charge is 0.372 e. The molecule has 0 unspecified atom stereocenters. The second-order valence-corrected chi connectivity index (χ2v) is 5.08. The Morgan fingerprint density at radius 3 is 2.29 bits per heavy atom. The Morgan fingerprint density at radius 2 is 1.76 bits per heavy atom. The van der Waals surface area contributed by atoms with Crippen LogP contribution >= 0.6 is 0 Å². The van der Waals surface area contributed by atoms with E-state index < -0.39 is 5.97 Å². The Hall–Kier alpha value is -1.35. The van der Waals surface area contributed by atoms with E-state index in [4.69, 9.17) is 5.26 Å². The lowest BCUT2D eigenvalue weighted by Crippen LogP contribution is -2.25. The van der Waals surface area contributed by atoms with E-state index >= 15 is 0 Å². The first-order valence-electron chi connectivity index (χ1n) is 6.12. The van der Waals surface area contributed by atoms with Gasteiger partial charge in [-0.1, -0.05) is 38.3 Å². The minimum atomic E-state index is -0.703. The first-order valence-corrected chi connectivity index (χ1v) is 6.12. The van der Waals surface area contributed by atoms with Crippen LogP contribution < -0.4 is 0 Å². The molecule has 0 bridgehead atoms. The van der Waals surface area contributed by atoms with Gasteiger partial charge < -0.3 is 0 Å². The van der Waals surface area contributed by atoms with E-state index in [2.05, 4.69) is 11.8 Å². The lowest BCUT2D eigenvalue weighted by molar-refractivity contribution is -0.182. The highest BCUT2D eigenvalue weighted by Gasteiger charge is 2.28. The third-order valence-corrected chi connectivity index (χ3v) is 3.86. The van der Waals surface area contributed by atoms with Gasteiger partial charge in [0.15, 0.2) is 0 Å². The van der Waals surface area contributed by atoms with Crippen LogP contribution in [0.2, 0.25) is 0 Å². The Labute approximate surface area is 101 Å². The Morgan fingerprint density at radius 1 is 1.18 bits per heavy atom. The fourth-order valence-electron chi connectivity index (χ4n) is 2.68. The van der Waals surface area contributed by atoms with Gasteiger partial charge in [0.05, 0.1) is 5.56 Å². The molecule has 0 aromatic heterocycles. The van der Waals surface area contributed by atoms with E-state index in [9.17, 15) is 4.79 Å². The van der Waals surface area contributed by atoms with Crippen LogP contribution in [0.3, 0.4) is 0 Å². The van der Waals surface area contributed by atoms with Crippen molar-refractivity contribution in [2.45, 2.75) is 44.4 Å². The number of hydrogen-bond donors (Lipinski definition) is 1. The molecule has 1 fully saturated rings. The fraction of sp³-hybridized carbons (Fsp3) is 0.500. The van der Waals surface area contributed by atoms with Gasteiger partial charge in [-0.2, -0.15) is 5.26 Å². The second-order valence-electron chi connectivity index (χ2n) is 5.08. The maximum absolute atomic E-state index is 11.1. The molecular formula is C14H18O3. The highest BCUT2D eigenvalue weighted by molar-refractivity contribution is 5.88. The zero-order valence-corrected chi connectivity index (χ0v) is 10.1. The van der Waals surface area contributed by atoms with Crippen molar-refractivity contribution in [1.82, 2.24) is 0 Å². The molecule has 0 saturated heterocycles. The SMILES string of the molecule is CC1(c2ccc(C(=O)OO)cc2)CCCCC1. The van der Waals surface area contributed by atoms with Crippen LogP contribution in [0.15, 0.2) is 24.3 Å². The molecule has 1 aliphatic carbocycles. The third-order valence-electron chi connectivity index (χ3n) is 3.86. The van der Waals surface area contributed by atoms with Crippen molar-refractivity contribution in [3.05, 3.63) is 35.4 Å². The van der Waals surface area contributed by atoms with E-state index in [1.807, 2.05) is 12.1 Å². The molecule has 3 nitrogen and oxygen atoms in total. The summed E-state index contributed by atoms with van der Waals surface area (Å²) in [6.45, 7) is 2.28. The molecule has 0 radical (unpaired) electrons. The normalized spacial score (nSPS) is 18.7. The summed E-state index contributed by atoms with van der Waals surface area (Å²) in [6, 6.07) is 7.37. The maximum atomic E-state index is 11.1. The van der Waals surface area contributed by atoms with Crippen LogP contribution in [-0.2, 0) is 10.3 Å².